The van der Waals surface area contributed by atoms with Gasteiger partial charge in [-0.15, -0.1) is 11.3 Å². The summed E-state index contributed by atoms with van der Waals surface area (Å²) in [7, 11) is 3.09. The molecule has 2 heterocycles. The third-order valence-electron chi connectivity index (χ3n) is 5.87. The Balaban J connectivity index is 1.78. The van der Waals surface area contributed by atoms with Crippen LogP contribution in [0.1, 0.15) is 53.6 Å². The lowest BCUT2D eigenvalue weighted by Gasteiger charge is -2.32. The summed E-state index contributed by atoms with van der Waals surface area (Å²) in [4.78, 5) is 29.6. The average molecular weight is 469 g/mol. The summed E-state index contributed by atoms with van der Waals surface area (Å²) in [6.07, 6.45) is 6.73. The standard InChI is InChI=1S/C25H28N2O5S/c1-30-19-13-12-18(16-21(19)31-2)27(25(29)20-10-6-14-32-20)23(22-11-7-15-33-22)24(28)26-17-8-4-3-5-9-17/h6-7,10-17,23H,3-5,8-9H2,1-2H3,(H,26,28)/t23-/m1/s1. The number of nitrogens with one attached hydrogen (secondary N) is 1. The number of carbonyl (C=O) groups excluding carboxylic acids is 2. The van der Waals surface area contributed by atoms with Gasteiger partial charge in [-0.05, 0) is 48.6 Å². The molecule has 1 aromatic carbocycles. The number of benzene rings is 1. The van der Waals surface area contributed by atoms with Gasteiger partial charge in [-0.1, -0.05) is 25.3 Å². The Labute approximate surface area is 197 Å². The van der Waals surface area contributed by atoms with Crippen LogP contribution in [0.4, 0.5) is 5.69 Å². The molecule has 33 heavy (non-hydrogen) atoms. The van der Waals surface area contributed by atoms with E-state index in [9.17, 15) is 9.59 Å². The molecule has 2 amide bonds. The van der Waals surface area contributed by atoms with Crippen LogP contribution in [0.15, 0.2) is 58.5 Å². The third kappa shape index (κ3) is 5.06. The monoisotopic (exact) mass is 468 g/mol. The minimum atomic E-state index is -0.859. The van der Waals surface area contributed by atoms with Crippen molar-refractivity contribution in [1.29, 1.82) is 0 Å². The van der Waals surface area contributed by atoms with E-state index in [1.807, 2.05) is 17.5 Å². The summed E-state index contributed by atoms with van der Waals surface area (Å²) in [5.41, 5.74) is 0.506. The summed E-state index contributed by atoms with van der Waals surface area (Å²) in [5, 5.41) is 5.10. The van der Waals surface area contributed by atoms with Crippen LogP contribution in [-0.4, -0.2) is 32.1 Å². The van der Waals surface area contributed by atoms with Gasteiger partial charge in [0.25, 0.3) is 5.91 Å². The number of thiophene rings is 1. The average Bonchev–Trinajstić information content (AvgIpc) is 3.57. The van der Waals surface area contributed by atoms with Crippen molar-refractivity contribution in [2.75, 3.05) is 19.1 Å². The molecular weight excluding hydrogens is 440 g/mol. The predicted molar refractivity (Wildman–Crippen MR) is 127 cm³/mol. The number of nitrogens with zero attached hydrogens (tertiary/aromatic N) is 1. The van der Waals surface area contributed by atoms with Crippen LogP contribution in [-0.2, 0) is 4.79 Å². The van der Waals surface area contributed by atoms with Gasteiger partial charge >= 0.3 is 0 Å². The summed E-state index contributed by atoms with van der Waals surface area (Å²) in [6.45, 7) is 0. The molecule has 2 aromatic heterocycles. The lowest BCUT2D eigenvalue weighted by Crippen LogP contribution is -2.47. The van der Waals surface area contributed by atoms with Crippen molar-refractivity contribution >= 4 is 28.8 Å². The Morgan fingerprint density at radius 2 is 1.85 bits per heavy atom. The van der Waals surface area contributed by atoms with Gasteiger partial charge in [0, 0.05) is 22.7 Å². The van der Waals surface area contributed by atoms with E-state index in [0.717, 1.165) is 30.6 Å². The number of amides is 2. The lowest BCUT2D eigenvalue weighted by molar-refractivity contribution is -0.123. The molecule has 1 fully saturated rings. The number of ether oxygens (including phenoxy) is 2. The van der Waals surface area contributed by atoms with Crippen LogP contribution in [0.3, 0.4) is 0 Å². The molecule has 1 aliphatic carbocycles. The highest BCUT2D eigenvalue weighted by Gasteiger charge is 2.36. The molecule has 4 rings (SSSR count). The molecule has 0 bridgehead atoms. The van der Waals surface area contributed by atoms with Gasteiger partial charge in [0.15, 0.2) is 23.3 Å². The van der Waals surface area contributed by atoms with Crippen molar-refractivity contribution in [1.82, 2.24) is 5.32 Å². The minimum absolute atomic E-state index is 0.111. The van der Waals surface area contributed by atoms with E-state index in [1.165, 1.54) is 36.0 Å². The fourth-order valence-electron chi connectivity index (χ4n) is 4.22. The third-order valence-corrected chi connectivity index (χ3v) is 6.79. The van der Waals surface area contributed by atoms with E-state index in [4.69, 9.17) is 13.9 Å². The highest BCUT2D eigenvalue weighted by atomic mass is 32.1. The number of methoxy groups -OCH3 is 2. The topological polar surface area (TPSA) is 81.0 Å². The van der Waals surface area contributed by atoms with Crippen LogP contribution in [0.2, 0.25) is 0 Å². The Morgan fingerprint density at radius 1 is 1.06 bits per heavy atom. The minimum Gasteiger partial charge on any atom is -0.493 e. The molecule has 8 heteroatoms. The van der Waals surface area contributed by atoms with Crippen molar-refractivity contribution in [2.45, 2.75) is 44.2 Å². The smallest absolute Gasteiger partial charge is 0.295 e. The van der Waals surface area contributed by atoms with Crippen molar-refractivity contribution < 1.29 is 23.5 Å². The molecule has 1 aliphatic rings. The normalized spacial score (nSPS) is 15.0. The van der Waals surface area contributed by atoms with Gasteiger partial charge in [-0.25, -0.2) is 0 Å². The number of carbonyl (C=O) groups is 2. The summed E-state index contributed by atoms with van der Waals surface area (Å²) in [6, 6.07) is 11.4. The van der Waals surface area contributed by atoms with Crippen LogP contribution in [0, 0.1) is 0 Å². The Morgan fingerprint density at radius 3 is 2.48 bits per heavy atom. The first kappa shape index (κ1) is 22.9. The van der Waals surface area contributed by atoms with E-state index in [2.05, 4.69) is 5.32 Å². The Kier molecular flexibility index (Phi) is 7.34. The highest BCUT2D eigenvalue weighted by Crippen LogP contribution is 2.37. The van der Waals surface area contributed by atoms with Crippen LogP contribution >= 0.6 is 11.3 Å². The maximum atomic E-state index is 13.7. The van der Waals surface area contributed by atoms with Gasteiger partial charge in [0.2, 0.25) is 5.91 Å². The Bertz CT molecular complexity index is 1060. The predicted octanol–water partition coefficient (Wildman–Crippen LogP) is 5.20. The number of rotatable bonds is 8. The van der Waals surface area contributed by atoms with Gasteiger partial charge in [-0.2, -0.15) is 0 Å². The fourth-order valence-corrected chi connectivity index (χ4v) is 5.04. The Hall–Kier alpha value is -3.26. The first-order valence-corrected chi connectivity index (χ1v) is 11.9. The zero-order valence-electron chi connectivity index (χ0n) is 18.8. The maximum absolute atomic E-state index is 13.7. The molecule has 0 aliphatic heterocycles. The largest absolute Gasteiger partial charge is 0.493 e. The lowest BCUT2D eigenvalue weighted by atomic mass is 9.95. The molecule has 3 aromatic rings. The molecule has 0 spiro atoms. The van der Waals surface area contributed by atoms with E-state index in [0.29, 0.717) is 17.2 Å². The first-order chi connectivity index (χ1) is 16.1. The summed E-state index contributed by atoms with van der Waals surface area (Å²) in [5.74, 6) is 0.524. The van der Waals surface area contributed by atoms with Gasteiger partial charge < -0.3 is 19.2 Å². The first-order valence-electron chi connectivity index (χ1n) is 11.0. The molecule has 7 nitrogen and oxygen atoms in total. The van der Waals surface area contributed by atoms with Crippen molar-refractivity contribution in [3.05, 3.63) is 64.7 Å². The zero-order valence-corrected chi connectivity index (χ0v) is 19.6. The number of hydrogen-bond donors (Lipinski definition) is 1. The van der Waals surface area contributed by atoms with Crippen LogP contribution < -0.4 is 19.7 Å². The number of anilines is 1. The van der Waals surface area contributed by atoms with Gasteiger partial charge in [0.1, 0.15) is 0 Å². The van der Waals surface area contributed by atoms with Crippen molar-refractivity contribution in [3.8, 4) is 11.5 Å². The van der Waals surface area contributed by atoms with E-state index in [1.54, 1.807) is 37.4 Å². The van der Waals surface area contributed by atoms with Crippen molar-refractivity contribution in [3.63, 3.8) is 0 Å². The second kappa shape index (κ2) is 10.6. The fraction of sp³-hybridized carbons (Fsp3) is 0.360. The number of hydrogen-bond acceptors (Lipinski definition) is 6. The second-order valence-corrected chi connectivity index (χ2v) is 8.93. The summed E-state index contributed by atoms with van der Waals surface area (Å²) >= 11 is 1.44. The molecule has 1 atom stereocenters. The molecule has 0 radical (unpaired) electrons. The van der Waals surface area contributed by atoms with E-state index in [-0.39, 0.29) is 17.7 Å². The molecule has 0 unspecified atom stereocenters. The molecular formula is C25H28N2O5S. The van der Waals surface area contributed by atoms with Crippen LogP contribution in [0.25, 0.3) is 0 Å². The second-order valence-electron chi connectivity index (χ2n) is 7.95. The van der Waals surface area contributed by atoms with Crippen LogP contribution in [0.5, 0.6) is 11.5 Å². The molecule has 174 valence electrons. The highest BCUT2D eigenvalue weighted by molar-refractivity contribution is 7.10. The molecule has 0 saturated heterocycles. The quantitative estimate of drug-likeness (QED) is 0.492. The van der Waals surface area contributed by atoms with Gasteiger partial charge in [-0.3, -0.25) is 14.5 Å². The SMILES string of the molecule is COc1ccc(N(C(=O)c2ccco2)[C@@H](C(=O)NC2CCCCC2)c2cccs2)cc1OC. The maximum Gasteiger partial charge on any atom is 0.295 e. The van der Waals surface area contributed by atoms with E-state index < -0.39 is 11.9 Å². The summed E-state index contributed by atoms with van der Waals surface area (Å²) < 4.78 is 16.2. The molecule has 1 saturated carbocycles. The number of furan rings is 1. The van der Waals surface area contributed by atoms with Gasteiger partial charge in [0.05, 0.1) is 20.5 Å². The zero-order chi connectivity index (χ0) is 23.2. The van der Waals surface area contributed by atoms with Crippen molar-refractivity contribution in [2.24, 2.45) is 0 Å². The van der Waals surface area contributed by atoms with E-state index >= 15 is 0 Å². The molecule has 1 N–H and O–H groups in total.